The number of phenolic OH excluding ortho intramolecular Hbond substituents is 1. The Kier molecular flexibility index (Phi) is 2.12. The van der Waals surface area contributed by atoms with Crippen LogP contribution in [0.15, 0.2) is 36.5 Å². The van der Waals surface area contributed by atoms with E-state index in [1.54, 1.807) is 18.2 Å². The molecule has 1 aromatic carbocycles. The van der Waals surface area contributed by atoms with Gasteiger partial charge in [0.25, 0.3) is 0 Å². The summed E-state index contributed by atoms with van der Waals surface area (Å²) in [6.45, 7) is 0.428. The molecule has 5 heteroatoms. The summed E-state index contributed by atoms with van der Waals surface area (Å²) >= 11 is 0. The standard InChI is InChI=1S/C12H12N4O/c13-6-9-7-16-12(14-9)5-11(15-16)8-2-1-3-10(17)4-8/h1-5,7,15,17H,6,13H2. The highest BCUT2D eigenvalue weighted by molar-refractivity contribution is 5.65. The van der Waals surface area contributed by atoms with Gasteiger partial charge in [-0.05, 0) is 12.1 Å². The fraction of sp³-hybridized carbons (Fsp3) is 0.0833. The van der Waals surface area contributed by atoms with Crippen molar-refractivity contribution >= 4 is 5.65 Å². The third-order valence-corrected chi connectivity index (χ3v) is 2.66. The molecule has 17 heavy (non-hydrogen) atoms. The number of benzene rings is 1. The molecule has 0 aliphatic heterocycles. The number of aromatic amines is 1. The largest absolute Gasteiger partial charge is 0.508 e. The average molecular weight is 228 g/mol. The number of nitrogens with zero attached hydrogens (tertiary/aromatic N) is 2. The molecule has 0 amide bonds. The smallest absolute Gasteiger partial charge is 0.153 e. The van der Waals surface area contributed by atoms with Gasteiger partial charge in [-0.25, -0.2) is 9.50 Å². The third kappa shape index (κ3) is 1.66. The van der Waals surface area contributed by atoms with Crippen LogP contribution in [0.3, 0.4) is 0 Å². The van der Waals surface area contributed by atoms with E-state index >= 15 is 0 Å². The molecule has 5 nitrogen and oxygen atoms in total. The van der Waals surface area contributed by atoms with Crippen molar-refractivity contribution in [3.8, 4) is 17.0 Å². The van der Waals surface area contributed by atoms with Crippen molar-refractivity contribution in [1.29, 1.82) is 0 Å². The van der Waals surface area contributed by atoms with E-state index in [-0.39, 0.29) is 5.75 Å². The van der Waals surface area contributed by atoms with Gasteiger partial charge in [-0.3, -0.25) is 5.10 Å². The second kappa shape index (κ2) is 3.64. The molecule has 0 aliphatic carbocycles. The first-order valence-electron chi connectivity index (χ1n) is 5.33. The molecule has 0 unspecified atom stereocenters. The Morgan fingerprint density at radius 3 is 2.94 bits per heavy atom. The van der Waals surface area contributed by atoms with Gasteiger partial charge >= 0.3 is 0 Å². The molecule has 0 bridgehead atoms. The summed E-state index contributed by atoms with van der Waals surface area (Å²) in [5.74, 6) is 0.248. The lowest BCUT2D eigenvalue weighted by atomic mass is 10.1. The first kappa shape index (κ1) is 9.92. The van der Waals surface area contributed by atoms with E-state index in [2.05, 4.69) is 10.1 Å². The van der Waals surface area contributed by atoms with E-state index in [4.69, 9.17) is 5.73 Å². The van der Waals surface area contributed by atoms with E-state index in [1.807, 2.05) is 22.8 Å². The molecule has 86 valence electrons. The van der Waals surface area contributed by atoms with Crippen molar-refractivity contribution in [3.63, 3.8) is 0 Å². The monoisotopic (exact) mass is 228 g/mol. The molecule has 2 heterocycles. The summed E-state index contributed by atoms with van der Waals surface area (Å²) in [5.41, 5.74) is 9.02. The molecule has 2 aromatic heterocycles. The molecule has 0 saturated carbocycles. The predicted molar refractivity (Wildman–Crippen MR) is 64.5 cm³/mol. The minimum absolute atomic E-state index is 0.248. The number of aromatic nitrogens is 3. The SMILES string of the molecule is NCc1cn2[nH]c(-c3cccc(O)c3)cc2n1. The molecule has 0 aliphatic rings. The summed E-state index contributed by atoms with van der Waals surface area (Å²) in [5, 5.41) is 12.6. The lowest BCUT2D eigenvalue weighted by Gasteiger charge is -1.97. The van der Waals surface area contributed by atoms with E-state index < -0.39 is 0 Å². The zero-order valence-electron chi connectivity index (χ0n) is 9.09. The van der Waals surface area contributed by atoms with Gasteiger partial charge in [-0.1, -0.05) is 12.1 Å². The number of hydrogen-bond donors (Lipinski definition) is 3. The fourth-order valence-electron chi connectivity index (χ4n) is 1.85. The van der Waals surface area contributed by atoms with Crippen LogP contribution in [0.5, 0.6) is 5.75 Å². The van der Waals surface area contributed by atoms with Crippen molar-refractivity contribution in [2.45, 2.75) is 6.54 Å². The number of phenols is 1. The maximum atomic E-state index is 9.43. The van der Waals surface area contributed by atoms with E-state index in [0.29, 0.717) is 6.54 Å². The van der Waals surface area contributed by atoms with Gasteiger partial charge in [0.2, 0.25) is 0 Å². The summed E-state index contributed by atoms with van der Waals surface area (Å²) in [6, 6.07) is 9.00. The lowest BCUT2D eigenvalue weighted by molar-refractivity contribution is 0.475. The minimum Gasteiger partial charge on any atom is -0.508 e. The normalized spacial score (nSPS) is 11.1. The van der Waals surface area contributed by atoms with Gasteiger partial charge in [0.05, 0.1) is 17.6 Å². The number of H-pyrrole nitrogens is 1. The Balaban J connectivity index is 2.09. The van der Waals surface area contributed by atoms with Crippen molar-refractivity contribution < 1.29 is 5.11 Å². The van der Waals surface area contributed by atoms with Crippen molar-refractivity contribution in [2.75, 3.05) is 0 Å². The maximum absolute atomic E-state index is 9.43. The van der Waals surface area contributed by atoms with E-state index in [9.17, 15) is 5.11 Å². The molecule has 3 rings (SSSR count). The minimum atomic E-state index is 0.248. The summed E-state index contributed by atoms with van der Waals surface area (Å²) < 4.78 is 1.82. The second-order valence-corrected chi connectivity index (χ2v) is 3.88. The average Bonchev–Trinajstić information content (AvgIpc) is 2.86. The first-order valence-corrected chi connectivity index (χ1v) is 5.33. The zero-order valence-corrected chi connectivity index (χ0v) is 9.09. The van der Waals surface area contributed by atoms with Gasteiger partial charge in [0.15, 0.2) is 5.65 Å². The number of fused-ring (bicyclic) bond motifs is 1. The zero-order chi connectivity index (χ0) is 11.8. The Labute approximate surface area is 97.5 Å². The Morgan fingerprint density at radius 2 is 2.24 bits per heavy atom. The Hall–Kier alpha value is -2.27. The van der Waals surface area contributed by atoms with Crippen LogP contribution in [-0.4, -0.2) is 19.7 Å². The summed E-state index contributed by atoms with van der Waals surface area (Å²) in [7, 11) is 0. The number of rotatable bonds is 2. The van der Waals surface area contributed by atoms with Crippen molar-refractivity contribution in [2.24, 2.45) is 5.73 Å². The van der Waals surface area contributed by atoms with Crippen molar-refractivity contribution in [1.82, 2.24) is 14.6 Å². The van der Waals surface area contributed by atoms with E-state index in [0.717, 1.165) is 22.6 Å². The Morgan fingerprint density at radius 1 is 1.35 bits per heavy atom. The van der Waals surface area contributed by atoms with Gasteiger partial charge in [0.1, 0.15) is 5.75 Å². The number of nitrogens with one attached hydrogen (secondary N) is 1. The molecule has 0 radical (unpaired) electrons. The van der Waals surface area contributed by atoms with Crippen LogP contribution in [0, 0.1) is 0 Å². The fourth-order valence-corrected chi connectivity index (χ4v) is 1.85. The third-order valence-electron chi connectivity index (χ3n) is 2.66. The summed E-state index contributed by atoms with van der Waals surface area (Å²) in [6.07, 6.45) is 1.86. The van der Waals surface area contributed by atoms with Crippen LogP contribution >= 0.6 is 0 Å². The van der Waals surface area contributed by atoms with Crippen LogP contribution < -0.4 is 5.73 Å². The number of aromatic hydroxyl groups is 1. The topological polar surface area (TPSA) is 79.3 Å². The van der Waals surface area contributed by atoms with Gasteiger partial charge in [0, 0.05) is 18.2 Å². The Bertz CT molecular complexity index is 637. The predicted octanol–water partition coefficient (Wildman–Crippen LogP) is 1.49. The maximum Gasteiger partial charge on any atom is 0.153 e. The molecular weight excluding hydrogens is 216 g/mol. The molecule has 0 fully saturated rings. The number of hydrogen-bond acceptors (Lipinski definition) is 3. The van der Waals surface area contributed by atoms with Gasteiger partial charge < -0.3 is 10.8 Å². The van der Waals surface area contributed by atoms with E-state index in [1.165, 1.54) is 0 Å². The highest BCUT2D eigenvalue weighted by Gasteiger charge is 2.06. The lowest BCUT2D eigenvalue weighted by Crippen LogP contribution is -1.95. The van der Waals surface area contributed by atoms with Crippen molar-refractivity contribution in [3.05, 3.63) is 42.2 Å². The quantitative estimate of drug-likeness (QED) is 0.621. The van der Waals surface area contributed by atoms with Gasteiger partial charge in [-0.15, -0.1) is 0 Å². The molecular formula is C12H12N4O. The molecule has 0 spiro atoms. The summed E-state index contributed by atoms with van der Waals surface area (Å²) in [4.78, 5) is 4.34. The van der Waals surface area contributed by atoms with Crippen LogP contribution in [0.1, 0.15) is 5.69 Å². The van der Waals surface area contributed by atoms with Gasteiger partial charge in [-0.2, -0.15) is 0 Å². The first-order chi connectivity index (χ1) is 8.26. The number of nitrogens with two attached hydrogens (primary N) is 1. The van der Waals surface area contributed by atoms with Crippen LogP contribution in [0.25, 0.3) is 16.9 Å². The molecule has 4 N–H and O–H groups in total. The van der Waals surface area contributed by atoms with Crippen LogP contribution in [0.4, 0.5) is 0 Å². The molecule has 0 saturated heterocycles. The van der Waals surface area contributed by atoms with Crippen LogP contribution in [-0.2, 0) is 6.54 Å². The molecule has 0 atom stereocenters. The second-order valence-electron chi connectivity index (χ2n) is 3.88. The number of imidazole rings is 1. The molecule has 3 aromatic rings. The highest BCUT2D eigenvalue weighted by atomic mass is 16.3. The van der Waals surface area contributed by atoms with Crippen LogP contribution in [0.2, 0.25) is 0 Å². The highest BCUT2D eigenvalue weighted by Crippen LogP contribution is 2.23.